The van der Waals surface area contributed by atoms with Crippen LogP contribution < -0.4 is 0 Å². The summed E-state index contributed by atoms with van der Waals surface area (Å²) in [5.41, 5.74) is 0. The van der Waals surface area contributed by atoms with E-state index in [9.17, 15) is 8.78 Å². The predicted molar refractivity (Wildman–Crippen MR) is 40.8 cm³/mol. The number of alkyl halides is 2. The average Bonchev–Trinajstić information content (AvgIpc) is 2.04. The van der Waals surface area contributed by atoms with Gasteiger partial charge >= 0.3 is 0 Å². The van der Waals surface area contributed by atoms with Gasteiger partial charge in [0, 0.05) is 0 Å². The van der Waals surface area contributed by atoms with Gasteiger partial charge in [-0.15, -0.1) is 0 Å². The van der Waals surface area contributed by atoms with E-state index in [0.717, 1.165) is 19.3 Å². The van der Waals surface area contributed by atoms with E-state index in [1.54, 1.807) is 4.90 Å². The van der Waals surface area contributed by atoms with Crippen molar-refractivity contribution in [3.63, 3.8) is 0 Å². The molecule has 1 rings (SSSR count). The van der Waals surface area contributed by atoms with E-state index >= 15 is 0 Å². The van der Waals surface area contributed by atoms with E-state index < -0.39 is 6.43 Å². The van der Waals surface area contributed by atoms with Gasteiger partial charge in [-0.3, -0.25) is 4.90 Å². The van der Waals surface area contributed by atoms with Crippen LogP contribution >= 0.6 is 0 Å². The van der Waals surface area contributed by atoms with E-state index in [2.05, 4.69) is 6.07 Å². The highest BCUT2D eigenvalue weighted by Crippen LogP contribution is 2.17. The fraction of sp³-hybridized carbons (Fsp3) is 0.875. The first-order valence-electron chi connectivity index (χ1n) is 4.16. The molecule has 0 bridgehead atoms. The third-order valence-corrected chi connectivity index (χ3v) is 2.14. The molecule has 1 aliphatic heterocycles. The molecule has 0 aliphatic carbocycles. The second-order valence-corrected chi connectivity index (χ2v) is 3.03. The van der Waals surface area contributed by atoms with Crippen molar-refractivity contribution in [2.75, 3.05) is 13.1 Å². The van der Waals surface area contributed by atoms with E-state index in [4.69, 9.17) is 5.26 Å². The molecule has 1 heterocycles. The van der Waals surface area contributed by atoms with Gasteiger partial charge in [-0.1, -0.05) is 0 Å². The van der Waals surface area contributed by atoms with Crippen LogP contribution in [0.15, 0.2) is 0 Å². The summed E-state index contributed by atoms with van der Waals surface area (Å²) in [5.74, 6) is 0. The molecule has 0 amide bonds. The predicted octanol–water partition coefficient (Wildman–Crippen LogP) is 1.63. The van der Waals surface area contributed by atoms with Crippen molar-refractivity contribution in [3.05, 3.63) is 0 Å². The Morgan fingerprint density at radius 3 is 2.83 bits per heavy atom. The van der Waals surface area contributed by atoms with E-state index in [1.165, 1.54) is 0 Å². The summed E-state index contributed by atoms with van der Waals surface area (Å²) in [4.78, 5) is 1.58. The maximum atomic E-state index is 12.0. The standard InChI is InChI=1S/C8H12F2N2/c9-8(10)6-12-4-2-1-3-7(12)5-11/h7-8H,1-4,6H2. The van der Waals surface area contributed by atoms with Crippen LogP contribution in [-0.4, -0.2) is 30.5 Å². The van der Waals surface area contributed by atoms with Crippen molar-refractivity contribution in [2.24, 2.45) is 0 Å². The maximum absolute atomic E-state index is 12.0. The number of nitriles is 1. The van der Waals surface area contributed by atoms with Crippen LogP contribution in [0.4, 0.5) is 8.78 Å². The highest BCUT2D eigenvalue weighted by molar-refractivity contribution is 4.94. The molecule has 2 nitrogen and oxygen atoms in total. The Labute approximate surface area is 70.8 Å². The van der Waals surface area contributed by atoms with Crippen LogP contribution in [-0.2, 0) is 0 Å². The molecule has 1 unspecified atom stereocenters. The smallest absolute Gasteiger partial charge is 0.251 e. The second kappa shape index (κ2) is 4.36. The molecular formula is C8H12F2N2. The SMILES string of the molecule is N#CC1CCCCN1CC(F)F. The van der Waals surface area contributed by atoms with Crippen molar-refractivity contribution in [1.29, 1.82) is 5.26 Å². The van der Waals surface area contributed by atoms with Crippen LogP contribution in [0.2, 0.25) is 0 Å². The maximum Gasteiger partial charge on any atom is 0.251 e. The molecule has 1 saturated heterocycles. The third kappa shape index (κ3) is 2.42. The average molecular weight is 174 g/mol. The Kier molecular flexibility index (Phi) is 3.42. The van der Waals surface area contributed by atoms with Crippen LogP contribution in [0.1, 0.15) is 19.3 Å². The molecule has 0 spiro atoms. The molecule has 1 atom stereocenters. The zero-order chi connectivity index (χ0) is 8.97. The number of rotatable bonds is 2. The molecule has 68 valence electrons. The molecular weight excluding hydrogens is 162 g/mol. The lowest BCUT2D eigenvalue weighted by Gasteiger charge is -2.30. The zero-order valence-corrected chi connectivity index (χ0v) is 6.84. The highest BCUT2D eigenvalue weighted by Gasteiger charge is 2.24. The third-order valence-electron chi connectivity index (χ3n) is 2.14. The summed E-state index contributed by atoms with van der Waals surface area (Å²) in [7, 11) is 0. The first-order valence-corrected chi connectivity index (χ1v) is 4.16. The van der Waals surface area contributed by atoms with Gasteiger partial charge in [0.1, 0.15) is 0 Å². The van der Waals surface area contributed by atoms with Gasteiger partial charge in [0.05, 0.1) is 18.7 Å². The van der Waals surface area contributed by atoms with E-state index in [-0.39, 0.29) is 12.6 Å². The highest BCUT2D eigenvalue weighted by atomic mass is 19.3. The molecule has 0 aromatic heterocycles. The number of hydrogen-bond donors (Lipinski definition) is 0. The van der Waals surface area contributed by atoms with Crippen LogP contribution in [0.3, 0.4) is 0 Å². The lowest BCUT2D eigenvalue weighted by Crippen LogP contribution is -2.41. The molecule has 4 heteroatoms. The van der Waals surface area contributed by atoms with Crippen molar-refractivity contribution in [1.82, 2.24) is 4.90 Å². The molecule has 0 aromatic carbocycles. The monoisotopic (exact) mass is 174 g/mol. The number of hydrogen-bond acceptors (Lipinski definition) is 2. The number of piperidine rings is 1. The summed E-state index contributed by atoms with van der Waals surface area (Å²) < 4.78 is 24.0. The molecule has 0 radical (unpaired) electrons. The minimum absolute atomic E-state index is 0.252. The van der Waals surface area contributed by atoms with Gasteiger partial charge < -0.3 is 0 Å². The topological polar surface area (TPSA) is 27.0 Å². The molecule has 0 saturated carbocycles. The Balaban J connectivity index is 2.43. The van der Waals surface area contributed by atoms with Crippen molar-refractivity contribution < 1.29 is 8.78 Å². The molecule has 1 aliphatic rings. The van der Waals surface area contributed by atoms with Gasteiger partial charge in [-0.05, 0) is 25.8 Å². The van der Waals surface area contributed by atoms with E-state index in [1.807, 2.05) is 0 Å². The minimum Gasteiger partial charge on any atom is -0.282 e. The zero-order valence-electron chi connectivity index (χ0n) is 6.84. The Hall–Kier alpha value is -0.690. The fourth-order valence-electron chi connectivity index (χ4n) is 1.53. The molecule has 0 N–H and O–H groups in total. The summed E-state index contributed by atoms with van der Waals surface area (Å²) in [6, 6.07) is 1.77. The summed E-state index contributed by atoms with van der Waals surface area (Å²) in [6.45, 7) is 0.390. The molecule has 1 fully saturated rings. The first-order chi connectivity index (χ1) is 5.74. The van der Waals surface area contributed by atoms with Crippen LogP contribution in [0, 0.1) is 11.3 Å². The van der Waals surface area contributed by atoms with Gasteiger partial charge in [-0.2, -0.15) is 5.26 Å². The van der Waals surface area contributed by atoms with E-state index in [0.29, 0.717) is 6.54 Å². The van der Waals surface area contributed by atoms with Crippen molar-refractivity contribution in [3.8, 4) is 6.07 Å². The van der Waals surface area contributed by atoms with Gasteiger partial charge in [0.2, 0.25) is 0 Å². The Morgan fingerprint density at radius 1 is 1.50 bits per heavy atom. The summed E-state index contributed by atoms with van der Waals surface area (Å²) in [6.07, 6.45) is 0.338. The first kappa shape index (κ1) is 9.40. The van der Waals surface area contributed by atoms with Crippen molar-refractivity contribution >= 4 is 0 Å². The fourth-order valence-corrected chi connectivity index (χ4v) is 1.53. The Morgan fingerprint density at radius 2 is 2.25 bits per heavy atom. The number of nitrogens with zero attached hydrogens (tertiary/aromatic N) is 2. The lowest BCUT2D eigenvalue weighted by molar-refractivity contribution is 0.0637. The lowest BCUT2D eigenvalue weighted by atomic mass is 10.0. The molecule has 0 aromatic rings. The minimum atomic E-state index is -2.32. The summed E-state index contributed by atoms with van der Waals surface area (Å²) >= 11 is 0. The van der Waals surface area contributed by atoms with Crippen molar-refractivity contribution in [2.45, 2.75) is 31.7 Å². The van der Waals surface area contributed by atoms with Crippen LogP contribution in [0.5, 0.6) is 0 Å². The Bertz CT molecular complexity index is 176. The normalized spacial score (nSPS) is 25.7. The van der Waals surface area contributed by atoms with Gasteiger partial charge in [-0.25, -0.2) is 8.78 Å². The van der Waals surface area contributed by atoms with Gasteiger partial charge in [0.25, 0.3) is 6.43 Å². The second-order valence-electron chi connectivity index (χ2n) is 3.03. The largest absolute Gasteiger partial charge is 0.282 e. The van der Waals surface area contributed by atoms with Gasteiger partial charge in [0.15, 0.2) is 0 Å². The summed E-state index contributed by atoms with van der Waals surface area (Å²) in [5, 5.41) is 8.64. The number of likely N-dealkylation sites (tertiary alicyclic amines) is 1. The number of halogens is 2. The van der Waals surface area contributed by atoms with Crippen LogP contribution in [0.25, 0.3) is 0 Å². The molecule has 12 heavy (non-hydrogen) atoms. The quantitative estimate of drug-likeness (QED) is 0.636.